The molecule has 0 radical (unpaired) electrons. The molecule has 3 heterocycles. The van der Waals surface area contributed by atoms with Gasteiger partial charge in [-0.15, -0.1) is 0 Å². The van der Waals surface area contributed by atoms with Crippen LogP contribution in [-0.2, 0) is 4.74 Å². The molecule has 2 aliphatic rings. The molecule has 1 aromatic carbocycles. The number of carbonyl (C=O) groups is 1. The van der Waals surface area contributed by atoms with Crippen LogP contribution in [-0.4, -0.2) is 48.1 Å². The highest BCUT2D eigenvalue weighted by atomic mass is 16.5. The first-order chi connectivity index (χ1) is 13.7. The van der Waals surface area contributed by atoms with Crippen molar-refractivity contribution in [1.29, 1.82) is 0 Å². The summed E-state index contributed by atoms with van der Waals surface area (Å²) in [5, 5.41) is 10.9. The van der Waals surface area contributed by atoms with Gasteiger partial charge in [-0.1, -0.05) is 0 Å². The van der Waals surface area contributed by atoms with Gasteiger partial charge in [-0.3, -0.25) is 9.48 Å². The SMILES string of the molecule is Cc1cc(C(=O)Nc2ccc(OC3CCNCC3)cc2)n(C2CCOCC2)n1. The van der Waals surface area contributed by atoms with Gasteiger partial charge in [0.05, 0.1) is 11.7 Å². The summed E-state index contributed by atoms with van der Waals surface area (Å²) in [6.45, 7) is 5.34. The smallest absolute Gasteiger partial charge is 0.273 e. The molecular weight excluding hydrogens is 356 g/mol. The summed E-state index contributed by atoms with van der Waals surface area (Å²) in [4.78, 5) is 12.9. The Balaban J connectivity index is 1.41. The molecule has 2 aliphatic heterocycles. The normalized spacial score (nSPS) is 18.8. The van der Waals surface area contributed by atoms with Gasteiger partial charge in [0, 0.05) is 18.9 Å². The molecule has 2 N–H and O–H groups in total. The lowest BCUT2D eigenvalue weighted by molar-refractivity contribution is 0.0646. The Bertz CT molecular complexity index is 790. The van der Waals surface area contributed by atoms with Crippen LogP contribution < -0.4 is 15.4 Å². The highest BCUT2D eigenvalue weighted by molar-refractivity contribution is 6.03. The van der Waals surface area contributed by atoms with Crippen LogP contribution in [0.15, 0.2) is 30.3 Å². The molecule has 0 unspecified atom stereocenters. The zero-order valence-electron chi connectivity index (χ0n) is 16.3. The molecule has 0 aliphatic carbocycles. The van der Waals surface area contributed by atoms with Gasteiger partial charge in [-0.25, -0.2) is 0 Å². The van der Waals surface area contributed by atoms with Crippen LogP contribution in [0.3, 0.4) is 0 Å². The molecule has 2 fully saturated rings. The van der Waals surface area contributed by atoms with Crippen LogP contribution in [0.25, 0.3) is 0 Å². The zero-order valence-corrected chi connectivity index (χ0v) is 16.3. The van der Waals surface area contributed by atoms with Crippen molar-refractivity contribution >= 4 is 11.6 Å². The number of amides is 1. The Labute approximate surface area is 165 Å². The molecule has 7 nitrogen and oxygen atoms in total. The van der Waals surface area contributed by atoms with E-state index in [1.165, 1.54) is 0 Å². The van der Waals surface area contributed by atoms with Crippen LogP contribution in [0.2, 0.25) is 0 Å². The van der Waals surface area contributed by atoms with E-state index in [4.69, 9.17) is 9.47 Å². The molecule has 1 aromatic heterocycles. The van der Waals surface area contributed by atoms with Crippen molar-refractivity contribution in [3.05, 3.63) is 41.7 Å². The topological polar surface area (TPSA) is 77.4 Å². The van der Waals surface area contributed by atoms with E-state index in [0.717, 1.165) is 55.9 Å². The summed E-state index contributed by atoms with van der Waals surface area (Å²) in [6, 6.07) is 9.66. The third-order valence-corrected chi connectivity index (χ3v) is 5.33. The van der Waals surface area contributed by atoms with Crippen LogP contribution in [0.1, 0.15) is 47.9 Å². The van der Waals surface area contributed by atoms with Gasteiger partial charge in [0.25, 0.3) is 5.91 Å². The number of hydrogen-bond acceptors (Lipinski definition) is 5. The second kappa shape index (κ2) is 8.75. The average Bonchev–Trinajstić information content (AvgIpc) is 3.13. The number of carbonyl (C=O) groups excluding carboxylic acids is 1. The Hall–Kier alpha value is -2.38. The Morgan fingerprint density at radius 1 is 1.18 bits per heavy atom. The lowest BCUT2D eigenvalue weighted by atomic mass is 10.1. The van der Waals surface area contributed by atoms with Gasteiger partial charge >= 0.3 is 0 Å². The van der Waals surface area contributed by atoms with Crippen molar-refractivity contribution in [2.75, 3.05) is 31.6 Å². The number of nitrogens with one attached hydrogen (secondary N) is 2. The fourth-order valence-corrected chi connectivity index (χ4v) is 3.81. The number of ether oxygens (including phenoxy) is 2. The number of benzene rings is 1. The molecule has 28 heavy (non-hydrogen) atoms. The Kier molecular flexibility index (Phi) is 5.92. The zero-order chi connectivity index (χ0) is 19.3. The number of anilines is 1. The predicted molar refractivity (Wildman–Crippen MR) is 107 cm³/mol. The molecule has 1 amide bonds. The molecule has 2 saturated heterocycles. The van der Waals surface area contributed by atoms with Gasteiger partial charge < -0.3 is 20.1 Å². The van der Waals surface area contributed by atoms with Crippen molar-refractivity contribution < 1.29 is 14.3 Å². The van der Waals surface area contributed by atoms with E-state index in [0.29, 0.717) is 18.9 Å². The lowest BCUT2D eigenvalue weighted by Crippen LogP contribution is -2.34. The van der Waals surface area contributed by atoms with E-state index >= 15 is 0 Å². The fraction of sp³-hybridized carbons (Fsp3) is 0.524. The second-order valence-electron chi connectivity index (χ2n) is 7.50. The molecule has 2 aromatic rings. The summed E-state index contributed by atoms with van der Waals surface area (Å²) in [5.74, 6) is 0.701. The van der Waals surface area contributed by atoms with E-state index in [-0.39, 0.29) is 18.1 Å². The van der Waals surface area contributed by atoms with Gasteiger partial charge in [-0.05, 0) is 76.0 Å². The maximum atomic E-state index is 12.9. The van der Waals surface area contributed by atoms with Crippen molar-refractivity contribution in [3.8, 4) is 5.75 Å². The Morgan fingerprint density at radius 3 is 2.61 bits per heavy atom. The van der Waals surface area contributed by atoms with Crippen LogP contribution >= 0.6 is 0 Å². The van der Waals surface area contributed by atoms with Gasteiger partial charge in [0.1, 0.15) is 17.5 Å². The number of rotatable bonds is 5. The van der Waals surface area contributed by atoms with Crippen LogP contribution in [0, 0.1) is 6.92 Å². The Morgan fingerprint density at radius 2 is 1.89 bits per heavy atom. The maximum Gasteiger partial charge on any atom is 0.273 e. The summed E-state index contributed by atoms with van der Waals surface area (Å²) >= 11 is 0. The van der Waals surface area contributed by atoms with Crippen molar-refractivity contribution in [2.45, 2.75) is 44.8 Å². The highest BCUT2D eigenvalue weighted by Crippen LogP contribution is 2.24. The standard InChI is InChI=1S/C21H28N4O3/c1-15-14-20(25(24-15)17-8-12-27-13-9-17)21(26)23-16-2-4-18(5-3-16)28-19-6-10-22-11-7-19/h2-5,14,17,19,22H,6-13H2,1H3,(H,23,26). The van der Waals surface area contributed by atoms with E-state index in [9.17, 15) is 4.79 Å². The lowest BCUT2D eigenvalue weighted by Gasteiger charge is -2.24. The first kappa shape index (κ1) is 19.0. The van der Waals surface area contributed by atoms with Gasteiger partial charge in [-0.2, -0.15) is 5.10 Å². The average molecular weight is 384 g/mol. The van der Waals surface area contributed by atoms with Crippen molar-refractivity contribution in [2.24, 2.45) is 0 Å². The van der Waals surface area contributed by atoms with Crippen molar-refractivity contribution in [1.82, 2.24) is 15.1 Å². The quantitative estimate of drug-likeness (QED) is 0.829. The second-order valence-corrected chi connectivity index (χ2v) is 7.50. The van der Waals surface area contributed by atoms with E-state index in [2.05, 4.69) is 15.7 Å². The number of hydrogen-bond donors (Lipinski definition) is 2. The van der Waals surface area contributed by atoms with E-state index < -0.39 is 0 Å². The largest absolute Gasteiger partial charge is 0.490 e. The molecule has 150 valence electrons. The predicted octanol–water partition coefficient (Wildman–Crippen LogP) is 2.93. The number of nitrogens with zero attached hydrogens (tertiary/aromatic N) is 2. The first-order valence-electron chi connectivity index (χ1n) is 10.1. The molecular formula is C21H28N4O3. The molecule has 0 bridgehead atoms. The highest BCUT2D eigenvalue weighted by Gasteiger charge is 2.23. The summed E-state index contributed by atoms with van der Waals surface area (Å²) in [5.41, 5.74) is 2.20. The van der Waals surface area contributed by atoms with Crippen LogP contribution in [0.4, 0.5) is 5.69 Å². The maximum absolute atomic E-state index is 12.9. The molecule has 0 saturated carbocycles. The monoisotopic (exact) mass is 384 g/mol. The molecule has 4 rings (SSSR count). The first-order valence-corrected chi connectivity index (χ1v) is 10.1. The van der Waals surface area contributed by atoms with Crippen molar-refractivity contribution in [3.63, 3.8) is 0 Å². The minimum Gasteiger partial charge on any atom is -0.490 e. The molecule has 0 spiro atoms. The minimum atomic E-state index is -0.140. The third-order valence-electron chi connectivity index (χ3n) is 5.33. The van der Waals surface area contributed by atoms with E-state index in [1.807, 2.05) is 41.9 Å². The number of aryl methyl sites for hydroxylation is 1. The van der Waals surface area contributed by atoms with Gasteiger partial charge in [0.2, 0.25) is 0 Å². The van der Waals surface area contributed by atoms with Gasteiger partial charge in [0.15, 0.2) is 0 Å². The minimum absolute atomic E-state index is 0.140. The number of aromatic nitrogens is 2. The molecule has 7 heteroatoms. The fourth-order valence-electron chi connectivity index (χ4n) is 3.81. The third kappa shape index (κ3) is 4.54. The molecule has 0 atom stereocenters. The van der Waals surface area contributed by atoms with E-state index in [1.54, 1.807) is 0 Å². The summed E-state index contributed by atoms with van der Waals surface area (Å²) < 4.78 is 13.3. The summed E-state index contributed by atoms with van der Waals surface area (Å²) in [6.07, 6.45) is 4.06. The number of piperidine rings is 1. The van der Waals surface area contributed by atoms with Crippen LogP contribution in [0.5, 0.6) is 5.75 Å². The summed E-state index contributed by atoms with van der Waals surface area (Å²) in [7, 11) is 0.